The maximum absolute atomic E-state index is 11.6. The molecule has 0 spiro atoms. The first kappa shape index (κ1) is 13.7. The summed E-state index contributed by atoms with van der Waals surface area (Å²) in [6.07, 6.45) is 0.0753. The van der Waals surface area contributed by atoms with Crippen molar-refractivity contribution in [1.29, 1.82) is 0 Å². The Morgan fingerprint density at radius 2 is 2.00 bits per heavy atom. The Morgan fingerprint density at radius 3 is 2.63 bits per heavy atom. The van der Waals surface area contributed by atoms with E-state index >= 15 is 0 Å². The lowest BCUT2D eigenvalue weighted by Gasteiger charge is -2.30. The smallest absolute Gasteiger partial charge is 0.306 e. The van der Waals surface area contributed by atoms with Gasteiger partial charge >= 0.3 is 5.97 Å². The molecule has 1 aliphatic rings. The zero-order chi connectivity index (χ0) is 14.0. The van der Waals surface area contributed by atoms with Crippen LogP contribution in [0, 0.1) is 5.41 Å². The standard InChI is InChI=1S/C15H20O4/c1-5-13(16)19-14(15(2,3)4)10-6-7-11-12(8-10)18-9-17-11/h6-8,14H,5,9H2,1-4H3. The van der Waals surface area contributed by atoms with E-state index in [4.69, 9.17) is 14.2 Å². The molecule has 19 heavy (non-hydrogen) atoms. The van der Waals surface area contributed by atoms with E-state index in [0.717, 1.165) is 11.3 Å². The van der Waals surface area contributed by atoms with Gasteiger partial charge in [-0.1, -0.05) is 33.8 Å². The molecule has 1 heterocycles. The van der Waals surface area contributed by atoms with Gasteiger partial charge in [-0.3, -0.25) is 4.79 Å². The number of rotatable bonds is 3. The summed E-state index contributed by atoms with van der Waals surface area (Å²) in [4.78, 5) is 11.6. The fourth-order valence-electron chi connectivity index (χ4n) is 2.04. The van der Waals surface area contributed by atoms with Crippen LogP contribution in [-0.2, 0) is 9.53 Å². The normalized spacial score (nSPS) is 15.2. The number of carbonyl (C=O) groups excluding carboxylic acids is 1. The lowest BCUT2D eigenvalue weighted by atomic mass is 9.84. The largest absolute Gasteiger partial charge is 0.457 e. The summed E-state index contributed by atoms with van der Waals surface area (Å²) in [7, 11) is 0. The van der Waals surface area contributed by atoms with Crippen LogP contribution in [-0.4, -0.2) is 12.8 Å². The fourth-order valence-corrected chi connectivity index (χ4v) is 2.04. The molecule has 2 rings (SSSR count). The number of fused-ring (bicyclic) bond motifs is 1. The second-order valence-corrected chi connectivity index (χ2v) is 5.70. The average molecular weight is 264 g/mol. The molecule has 0 amide bonds. The van der Waals surface area contributed by atoms with E-state index < -0.39 is 0 Å². The number of benzene rings is 1. The first-order valence-electron chi connectivity index (χ1n) is 6.51. The van der Waals surface area contributed by atoms with Crippen molar-refractivity contribution in [3.8, 4) is 11.5 Å². The Kier molecular flexibility index (Phi) is 3.69. The second kappa shape index (κ2) is 5.11. The van der Waals surface area contributed by atoms with Gasteiger partial charge in [0.1, 0.15) is 6.10 Å². The summed E-state index contributed by atoms with van der Waals surface area (Å²) < 4.78 is 16.2. The predicted octanol–water partition coefficient (Wildman–Crippen LogP) is 3.46. The summed E-state index contributed by atoms with van der Waals surface area (Å²) in [5, 5.41) is 0. The molecular formula is C15H20O4. The topological polar surface area (TPSA) is 44.8 Å². The Hall–Kier alpha value is -1.71. The number of ether oxygens (including phenoxy) is 3. The molecule has 104 valence electrons. The molecule has 1 atom stereocenters. The van der Waals surface area contributed by atoms with Crippen LogP contribution in [0.1, 0.15) is 45.8 Å². The van der Waals surface area contributed by atoms with Gasteiger partial charge in [0.15, 0.2) is 11.5 Å². The van der Waals surface area contributed by atoms with E-state index in [9.17, 15) is 4.79 Å². The van der Waals surface area contributed by atoms with Crippen LogP contribution < -0.4 is 9.47 Å². The molecule has 0 saturated heterocycles. The van der Waals surface area contributed by atoms with E-state index in [1.807, 2.05) is 39.0 Å². The molecule has 4 nitrogen and oxygen atoms in total. The molecule has 0 N–H and O–H groups in total. The Morgan fingerprint density at radius 1 is 1.32 bits per heavy atom. The van der Waals surface area contributed by atoms with E-state index in [0.29, 0.717) is 12.2 Å². The number of esters is 1. The van der Waals surface area contributed by atoms with Crippen molar-refractivity contribution in [3.05, 3.63) is 23.8 Å². The number of hydrogen-bond donors (Lipinski definition) is 0. The molecule has 1 aliphatic heterocycles. The molecule has 0 fully saturated rings. The van der Waals surface area contributed by atoms with E-state index in [-0.39, 0.29) is 24.3 Å². The zero-order valence-electron chi connectivity index (χ0n) is 11.9. The summed E-state index contributed by atoms with van der Waals surface area (Å²) in [6, 6.07) is 5.67. The third-order valence-electron chi connectivity index (χ3n) is 3.02. The Balaban J connectivity index is 2.30. The van der Waals surface area contributed by atoms with Gasteiger partial charge in [0.05, 0.1) is 0 Å². The van der Waals surface area contributed by atoms with E-state index in [2.05, 4.69) is 0 Å². The molecule has 0 aromatic heterocycles. The first-order valence-corrected chi connectivity index (χ1v) is 6.51. The molecule has 0 radical (unpaired) electrons. The predicted molar refractivity (Wildman–Crippen MR) is 71.1 cm³/mol. The van der Waals surface area contributed by atoms with E-state index in [1.54, 1.807) is 6.92 Å². The van der Waals surface area contributed by atoms with Crippen molar-refractivity contribution in [2.75, 3.05) is 6.79 Å². The van der Waals surface area contributed by atoms with Gasteiger partial charge in [0.2, 0.25) is 6.79 Å². The van der Waals surface area contributed by atoms with Crippen LogP contribution in [0.4, 0.5) is 0 Å². The highest BCUT2D eigenvalue weighted by atomic mass is 16.7. The summed E-state index contributed by atoms with van der Waals surface area (Å²) in [6.45, 7) is 8.18. The monoisotopic (exact) mass is 264 g/mol. The average Bonchev–Trinajstić information content (AvgIpc) is 2.81. The number of hydrogen-bond acceptors (Lipinski definition) is 4. The van der Waals surface area contributed by atoms with Gasteiger partial charge in [0, 0.05) is 11.8 Å². The Bertz CT molecular complexity index is 474. The van der Waals surface area contributed by atoms with Gasteiger partial charge in [0.25, 0.3) is 0 Å². The van der Waals surface area contributed by atoms with Crippen molar-refractivity contribution in [3.63, 3.8) is 0 Å². The minimum atomic E-state index is -0.297. The molecule has 1 aromatic rings. The van der Waals surface area contributed by atoms with Crippen LogP contribution in [0.15, 0.2) is 18.2 Å². The third-order valence-corrected chi connectivity index (χ3v) is 3.02. The highest BCUT2D eigenvalue weighted by Crippen LogP contribution is 2.41. The van der Waals surface area contributed by atoms with Gasteiger partial charge in [-0.2, -0.15) is 0 Å². The summed E-state index contributed by atoms with van der Waals surface area (Å²) in [5.74, 6) is 1.25. The van der Waals surface area contributed by atoms with E-state index in [1.165, 1.54) is 0 Å². The Labute approximate surface area is 113 Å². The zero-order valence-corrected chi connectivity index (χ0v) is 11.9. The van der Waals surface area contributed by atoms with Gasteiger partial charge in [-0.15, -0.1) is 0 Å². The molecule has 0 aliphatic carbocycles. The van der Waals surface area contributed by atoms with Crippen molar-refractivity contribution >= 4 is 5.97 Å². The number of carbonyl (C=O) groups is 1. The van der Waals surface area contributed by atoms with Crippen LogP contribution in [0.5, 0.6) is 11.5 Å². The highest BCUT2D eigenvalue weighted by molar-refractivity contribution is 5.69. The maximum atomic E-state index is 11.6. The van der Waals surface area contributed by atoms with Crippen LogP contribution >= 0.6 is 0 Å². The van der Waals surface area contributed by atoms with Crippen LogP contribution in [0.2, 0.25) is 0 Å². The lowest BCUT2D eigenvalue weighted by molar-refractivity contribution is -0.155. The van der Waals surface area contributed by atoms with Crippen LogP contribution in [0.3, 0.4) is 0 Å². The first-order chi connectivity index (χ1) is 8.91. The van der Waals surface area contributed by atoms with Crippen molar-refractivity contribution in [2.45, 2.75) is 40.2 Å². The van der Waals surface area contributed by atoms with Crippen LogP contribution in [0.25, 0.3) is 0 Å². The van der Waals surface area contributed by atoms with Gasteiger partial charge in [-0.05, 0) is 17.7 Å². The highest BCUT2D eigenvalue weighted by Gasteiger charge is 2.31. The van der Waals surface area contributed by atoms with Gasteiger partial charge < -0.3 is 14.2 Å². The maximum Gasteiger partial charge on any atom is 0.306 e. The molecule has 4 heteroatoms. The SMILES string of the molecule is CCC(=O)OC(c1ccc2c(c1)OCO2)C(C)(C)C. The quantitative estimate of drug-likeness (QED) is 0.784. The third kappa shape index (κ3) is 3.00. The molecule has 1 aromatic carbocycles. The van der Waals surface area contributed by atoms with Crippen molar-refractivity contribution < 1.29 is 19.0 Å². The summed E-state index contributed by atoms with van der Waals surface area (Å²) >= 11 is 0. The molecule has 0 bridgehead atoms. The van der Waals surface area contributed by atoms with Crippen molar-refractivity contribution in [1.82, 2.24) is 0 Å². The molecule has 1 unspecified atom stereocenters. The summed E-state index contributed by atoms with van der Waals surface area (Å²) in [5.41, 5.74) is 0.747. The minimum absolute atomic E-state index is 0.182. The minimum Gasteiger partial charge on any atom is -0.457 e. The van der Waals surface area contributed by atoms with Crippen molar-refractivity contribution in [2.24, 2.45) is 5.41 Å². The molecular weight excluding hydrogens is 244 g/mol. The fraction of sp³-hybridized carbons (Fsp3) is 0.533. The second-order valence-electron chi connectivity index (χ2n) is 5.70. The lowest BCUT2D eigenvalue weighted by Crippen LogP contribution is -2.24. The molecule has 0 saturated carbocycles. The van der Waals surface area contributed by atoms with Gasteiger partial charge in [-0.25, -0.2) is 0 Å².